The van der Waals surface area contributed by atoms with Gasteiger partial charge in [-0.25, -0.2) is 4.39 Å². The minimum Gasteiger partial charge on any atom is -0.354 e. The van der Waals surface area contributed by atoms with Gasteiger partial charge >= 0.3 is 0 Å². The van der Waals surface area contributed by atoms with Gasteiger partial charge in [-0.3, -0.25) is 9.59 Å². The van der Waals surface area contributed by atoms with E-state index in [1.165, 1.54) is 19.1 Å². The van der Waals surface area contributed by atoms with Crippen molar-refractivity contribution in [2.75, 3.05) is 13.1 Å². The Morgan fingerprint density at radius 2 is 2.30 bits per heavy atom. The van der Waals surface area contributed by atoms with Gasteiger partial charge in [0.15, 0.2) is 0 Å². The molecular formula is C15H19FN2O2. The van der Waals surface area contributed by atoms with Crippen LogP contribution in [0.3, 0.4) is 0 Å². The smallest absolute Gasteiger partial charge is 0.222 e. The Morgan fingerprint density at radius 1 is 1.50 bits per heavy atom. The highest BCUT2D eigenvalue weighted by Crippen LogP contribution is 2.17. The zero-order valence-electron chi connectivity index (χ0n) is 11.6. The van der Waals surface area contributed by atoms with Gasteiger partial charge in [-0.2, -0.15) is 0 Å². The number of halogens is 1. The largest absolute Gasteiger partial charge is 0.354 e. The quantitative estimate of drug-likeness (QED) is 0.887. The molecule has 4 nitrogen and oxygen atoms in total. The van der Waals surface area contributed by atoms with Crippen molar-refractivity contribution in [3.8, 4) is 0 Å². The van der Waals surface area contributed by atoms with Gasteiger partial charge in [0.05, 0.1) is 6.04 Å². The third-order valence-electron chi connectivity index (χ3n) is 3.50. The minimum atomic E-state index is -0.284. The lowest BCUT2D eigenvalue weighted by molar-refractivity contribution is -0.130. The van der Waals surface area contributed by atoms with Crippen molar-refractivity contribution in [3.63, 3.8) is 0 Å². The fourth-order valence-electron chi connectivity index (χ4n) is 2.55. The number of hydrogen-bond donors (Lipinski definition) is 1. The van der Waals surface area contributed by atoms with E-state index in [4.69, 9.17) is 0 Å². The van der Waals surface area contributed by atoms with Crippen molar-refractivity contribution >= 4 is 11.8 Å². The second kappa shape index (κ2) is 6.50. The molecule has 20 heavy (non-hydrogen) atoms. The number of benzene rings is 1. The third-order valence-corrected chi connectivity index (χ3v) is 3.50. The summed E-state index contributed by atoms with van der Waals surface area (Å²) in [6, 6.07) is 6.25. The van der Waals surface area contributed by atoms with Gasteiger partial charge in [0, 0.05) is 26.4 Å². The van der Waals surface area contributed by atoms with E-state index in [-0.39, 0.29) is 23.7 Å². The molecule has 0 bridgehead atoms. The van der Waals surface area contributed by atoms with Gasteiger partial charge in [0.1, 0.15) is 5.82 Å². The minimum absolute atomic E-state index is 0.108. The molecule has 1 aliphatic heterocycles. The highest BCUT2D eigenvalue weighted by atomic mass is 19.1. The lowest BCUT2D eigenvalue weighted by Crippen LogP contribution is -2.45. The maximum Gasteiger partial charge on any atom is 0.222 e. The molecule has 2 rings (SSSR count). The number of nitrogens with one attached hydrogen (secondary N) is 1. The summed E-state index contributed by atoms with van der Waals surface area (Å²) in [5.41, 5.74) is 0.833. The molecule has 0 aliphatic carbocycles. The average molecular weight is 278 g/mol. The first-order valence-electron chi connectivity index (χ1n) is 6.84. The number of amides is 2. The predicted molar refractivity (Wildman–Crippen MR) is 73.5 cm³/mol. The normalized spacial score (nSPS) is 16.3. The van der Waals surface area contributed by atoms with E-state index in [1.54, 1.807) is 11.0 Å². The van der Waals surface area contributed by atoms with E-state index in [9.17, 15) is 14.0 Å². The Morgan fingerprint density at radius 3 is 2.90 bits per heavy atom. The molecule has 1 aromatic carbocycles. The van der Waals surface area contributed by atoms with Gasteiger partial charge < -0.3 is 10.2 Å². The van der Waals surface area contributed by atoms with Crippen molar-refractivity contribution in [2.45, 2.75) is 32.2 Å². The molecule has 0 spiro atoms. The van der Waals surface area contributed by atoms with Crippen LogP contribution in [0.15, 0.2) is 24.3 Å². The topological polar surface area (TPSA) is 49.4 Å². The SMILES string of the molecule is CC(=O)NC[C@@H](Cc1cccc(F)c1)N1CCCC1=O. The number of hydrogen-bond acceptors (Lipinski definition) is 2. The van der Waals surface area contributed by atoms with E-state index in [2.05, 4.69) is 5.32 Å². The molecule has 1 saturated heterocycles. The van der Waals surface area contributed by atoms with Gasteiger partial charge in [-0.15, -0.1) is 0 Å². The summed E-state index contributed by atoms with van der Waals surface area (Å²) in [5.74, 6) is -0.300. The van der Waals surface area contributed by atoms with Gasteiger partial charge in [0.2, 0.25) is 11.8 Å². The second-order valence-corrected chi connectivity index (χ2v) is 5.12. The monoisotopic (exact) mass is 278 g/mol. The van der Waals surface area contributed by atoms with Crippen molar-refractivity contribution in [3.05, 3.63) is 35.6 Å². The molecule has 1 aliphatic rings. The fourth-order valence-corrected chi connectivity index (χ4v) is 2.55. The van der Waals surface area contributed by atoms with E-state index in [1.807, 2.05) is 6.07 Å². The summed E-state index contributed by atoms with van der Waals surface area (Å²) >= 11 is 0. The maximum absolute atomic E-state index is 13.2. The average Bonchev–Trinajstić information content (AvgIpc) is 2.80. The van der Waals surface area contributed by atoms with Crippen LogP contribution in [0.1, 0.15) is 25.3 Å². The first-order chi connectivity index (χ1) is 9.56. The number of likely N-dealkylation sites (tertiary alicyclic amines) is 1. The molecule has 5 heteroatoms. The van der Waals surface area contributed by atoms with Crippen LogP contribution in [0.4, 0.5) is 4.39 Å². The summed E-state index contributed by atoms with van der Waals surface area (Å²) in [7, 11) is 0. The molecule has 0 radical (unpaired) electrons. The zero-order chi connectivity index (χ0) is 14.5. The lowest BCUT2D eigenvalue weighted by Gasteiger charge is -2.28. The highest BCUT2D eigenvalue weighted by Gasteiger charge is 2.28. The first kappa shape index (κ1) is 14.5. The number of nitrogens with zero attached hydrogens (tertiary/aromatic N) is 1. The van der Waals surface area contributed by atoms with Gasteiger partial charge in [-0.1, -0.05) is 12.1 Å². The number of carbonyl (C=O) groups excluding carboxylic acids is 2. The third kappa shape index (κ3) is 3.79. The van der Waals surface area contributed by atoms with Crippen LogP contribution in [0.25, 0.3) is 0 Å². The molecule has 2 amide bonds. The maximum atomic E-state index is 13.2. The summed E-state index contributed by atoms with van der Waals surface area (Å²) in [6.45, 7) is 2.56. The lowest BCUT2D eigenvalue weighted by atomic mass is 10.0. The summed E-state index contributed by atoms with van der Waals surface area (Å²) < 4.78 is 13.2. The molecule has 1 N–H and O–H groups in total. The molecular weight excluding hydrogens is 259 g/mol. The number of carbonyl (C=O) groups is 2. The Bertz CT molecular complexity index is 504. The van der Waals surface area contributed by atoms with Crippen LogP contribution in [0.2, 0.25) is 0 Å². The molecule has 1 fully saturated rings. The highest BCUT2D eigenvalue weighted by molar-refractivity contribution is 5.78. The second-order valence-electron chi connectivity index (χ2n) is 5.12. The molecule has 108 valence electrons. The Hall–Kier alpha value is -1.91. The van der Waals surface area contributed by atoms with Crippen LogP contribution in [0, 0.1) is 5.82 Å². The van der Waals surface area contributed by atoms with Crippen LogP contribution < -0.4 is 5.32 Å². The standard InChI is InChI=1S/C15H19FN2O2/c1-11(19)17-10-14(18-7-3-6-15(18)20)9-12-4-2-5-13(16)8-12/h2,4-5,8,14H,3,6-7,9-10H2,1H3,(H,17,19)/t14-/m1/s1. The fraction of sp³-hybridized carbons (Fsp3) is 0.467. The van der Waals surface area contributed by atoms with Gasteiger partial charge in [-0.05, 0) is 30.5 Å². The summed E-state index contributed by atoms with van der Waals surface area (Å²) in [4.78, 5) is 24.7. The van der Waals surface area contributed by atoms with E-state index in [0.717, 1.165) is 12.0 Å². The van der Waals surface area contributed by atoms with Crippen molar-refractivity contribution in [1.29, 1.82) is 0 Å². The first-order valence-corrected chi connectivity index (χ1v) is 6.84. The van der Waals surface area contributed by atoms with Crippen LogP contribution in [0.5, 0.6) is 0 Å². The Labute approximate surface area is 118 Å². The van der Waals surface area contributed by atoms with Crippen LogP contribution in [-0.2, 0) is 16.0 Å². The van der Waals surface area contributed by atoms with Gasteiger partial charge in [0.25, 0.3) is 0 Å². The van der Waals surface area contributed by atoms with E-state index in [0.29, 0.717) is 25.9 Å². The molecule has 1 heterocycles. The zero-order valence-corrected chi connectivity index (χ0v) is 11.6. The molecule has 0 unspecified atom stereocenters. The van der Waals surface area contributed by atoms with Crippen LogP contribution >= 0.6 is 0 Å². The van der Waals surface area contributed by atoms with Crippen molar-refractivity contribution in [2.24, 2.45) is 0 Å². The molecule has 1 atom stereocenters. The van der Waals surface area contributed by atoms with E-state index < -0.39 is 0 Å². The molecule has 0 aromatic heterocycles. The molecule has 0 saturated carbocycles. The summed E-state index contributed by atoms with van der Waals surface area (Å²) in [6.07, 6.45) is 1.95. The van der Waals surface area contributed by atoms with Crippen LogP contribution in [-0.4, -0.2) is 35.8 Å². The predicted octanol–water partition coefficient (Wildman–Crippen LogP) is 1.50. The van der Waals surface area contributed by atoms with Crippen molar-refractivity contribution in [1.82, 2.24) is 10.2 Å². The number of rotatable bonds is 5. The Balaban J connectivity index is 2.09. The van der Waals surface area contributed by atoms with Crippen molar-refractivity contribution < 1.29 is 14.0 Å². The summed E-state index contributed by atoms with van der Waals surface area (Å²) in [5, 5.41) is 2.75. The molecule has 1 aromatic rings. The van der Waals surface area contributed by atoms with E-state index >= 15 is 0 Å². The Kier molecular flexibility index (Phi) is 4.71.